The molecule has 4 rings (SSSR count). The quantitative estimate of drug-likeness (QED) is 0.293. The summed E-state index contributed by atoms with van der Waals surface area (Å²) in [6.45, 7) is 7.83. The van der Waals surface area contributed by atoms with Crippen molar-refractivity contribution in [2.45, 2.75) is 57.1 Å². The zero-order chi connectivity index (χ0) is 32.2. The Hall–Kier alpha value is -3.94. The maximum absolute atomic E-state index is 14.1. The van der Waals surface area contributed by atoms with E-state index in [-0.39, 0.29) is 27.1 Å². The van der Waals surface area contributed by atoms with Gasteiger partial charge in [-0.15, -0.1) is 11.3 Å². The zero-order valence-electron chi connectivity index (χ0n) is 25.2. The third-order valence-electron chi connectivity index (χ3n) is 6.88. The number of carbonyl (C=O) groups excluding carboxylic acids is 2. The molecule has 2 N–H and O–H groups in total. The number of carboxylic acids is 1. The maximum atomic E-state index is 14.1. The molecule has 44 heavy (non-hydrogen) atoms. The summed E-state index contributed by atoms with van der Waals surface area (Å²) in [5.74, 6) is -2.19. The third kappa shape index (κ3) is 7.40. The number of anilines is 1. The topological polar surface area (TPSA) is 149 Å². The largest absolute Gasteiger partial charge is 0.480 e. The molecule has 1 aliphatic rings. The van der Waals surface area contributed by atoms with Crippen LogP contribution in [0, 0.1) is 6.92 Å². The Kier molecular flexibility index (Phi) is 10.0. The lowest BCUT2D eigenvalue weighted by molar-refractivity contribution is -0.157. The van der Waals surface area contributed by atoms with Gasteiger partial charge in [0.05, 0.1) is 23.3 Å². The van der Waals surface area contributed by atoms with Crippen LogP contribution in [0.5, 0.6) is 5.75 Å². The minimum absolute atomic E-state index is 0.0152. The Morgan fingerprint density at radius 1 is 1.07 bits per heavy atom. The van der Waals surface area contributed by atoms with Crippen LogP contribution in [0.2, 0.25) is 0 Å². The first-order chi connectivity index (χ1) is 20.7. The van der Waals surface area contributed by atoms with Crippen LogP contribution in [0.1, 0.15) is 59.2 Å². The van der Waals surface area contributed by atoms with E-state index in [1.165, 1.54) is 35.7 Å². The fraction of sp³-hybridized carbons (Fsp3) is 0.387. The van der Waals surface area contributed by atoms with Gasteiger partial charge in [0.1, 0.15) is 11.4 Å². The normalized spacial score (nSPS) is 14.1. The highest BCUT2D eigenvalue weighted by Gasteiger charge is 2.33. The molecule has 2 aromatic carbocycles. The van der Waals surface area contributed by atoms with Gasteiger partial charge in [-0.3, -0.25) is 4.31 Å². The number of hydrogen-bond donors (Lipinski definition) is 2. The van der Waals surface area contributed by atoms with Crippen LogP contribution < -0.4 is 14.4 Å². The summed E-state index contributed by atoms with van der Waals surface area (Å²) in [4.78, 5) is 37.2. The summed E-state index contributed by atoms with van der Waals surface area (Å²) in [6, 6.07) is 11.8. The van der Waals surface area contributed by atoms with Crippen LogP contribution >= 0.6 is 11.3 Å². The number of sulfonamides is 1. The SMILES string of the molecule is COC(=O)c1sc(-c2cccc(N(C3CCNCC3)S(=O)(=O)c3ccc(C(=O)O)cc3)c2)c(C)c1OCC(=O)OC(C)(C)C. The van der Waals surface area contributed by atoms with Gasteiger partial charge >= 0.3 is 17.9 Å². The molecule has 0 unspecified atom stereocenters. The highest BCUT2D eigenvalue weighted by Crippen LogP contribution is 2.43. The van der Waals surface area contributed by atoms with Crippen LogP contribution in [-0.4, -0.2) is 69.9 Å². The van der Waals surface area contributed by atoms with E-state index in [0.29, 0.717) is 47.6 Å². The Morgan fingerprint density at radius 3 is 2.32 bits per heavy atom. The molecule has 0 amide bonds. The molecular weight excluding hydrogens is 608 g/mol. The summed E-state index contributed by atoms with van der Waals surface area (Å²) in [7, 11) is -2.84. The van der Waals surface area contributed by atoms with Crippen LogP contribution in [0.4, 0.5) is 5.69 Å². The molecule has 0 bridgehead atoms. The summed E-state index contributed by atoms with van der Waals surface area (Å²) in [6.07, 6.45) is 1.15. The Balaban J connectivity index is 1.76. The maximum Gasteiger partial charge on any atom is 0.351 e. The molecule has 0 atom stereocenters. The van der Waals surface area contributed by atoms with Gasteiger partial charge in [0, 0.05) is 16.5 Å². The summed E-state index contributed by atoms with van der Waals surface area (Å²) >= 11 is 1.12. The molecule has 1 saturated heterocycles. The summed E-state index contributed by atoms with van der Waals surface area (Å²) < 4.78 is 45.7. The molecule has 0 radical (unpaired) electrons. The van der Waals surface area contributed by atoms with Crippen LogP contribution in [-0.2, 0) is 24.3 Å². The zero-order valence-corrected chi connectivity index (χ0v) is 26.8. The number of carbonyl (C=O) groups is 3. The Labute approximate surface area is 260 Å². The van der Waals surface area contributed by atoms with Crippen molar-refractivity contribution in [3.8, 4) is 16.2 Å². The highest BCUT2D eigenvalue weighted by molar-refractivity contribution is 7.92. The first-order valence-corrected chi connectivity index (χ1v) is 16.2. The van der Waals surface area contributed by atoms with Crippen molar-refractivity contribution in [3.63, 3.8) is 0 Å². The molecule has 13 heteroatoms. The van der Waals surface area contributed by atoms with E-state index in [2.05, 4.69) is 5.32 Å². The number of rotatable bonds is 10. The summed E-state index contributed by atoms with van der Waals surface area (Å²) in [5.41, 5.74) is 0.910. The van der Waals surface area contributed by atoms with Gasteiger partial charge in [-0.2, -0.15) is 0 Å². The van der Waals surface area contributed by atoms with E-state index < -0.39 is 40.1 Å². The lowest BCUT2D eigenvalue weighted by Crippen LogP contribution is -2.46. The van der Waals surface area contributed by atoms with Gasteiger partial charge in [-0.05, 0) is 95.6 Å². The fourth-order valence-electron chi connectivity index (χ4n) is 4.93. The highest BCUT2D eigenvalue weighted by atomic mass is 32.2. The predicted octanol–water partition coefficient (Wildman–Crippen LogP) is 4.88. The molecular formula is C31H36N2O9S2. The van der Waals surface area contributed by atoms with E-state index >= 15 is 0 Å². The smallest absolute Gasteiger partial charge is 0.351 e. The Bertz CT molecular complexity index is 1640. The molecule has 3 aromatic rings. The van der Waals surface area contributed by atoms with E-state index in [4.69, 9.17) is 14.2 Å². The minimum atomic E-state index is -4.09. The van der Waals surface area contributed by atoms with E-state index in [1.807, 2.05) is 0 Å². The molecule has 1 aromatic heterocycles. The molecule has 2 heterocycles. The molecule has 236 valence electrons. The lowest BCUT2D eigenvalue weighted by atomic mass is 10.0. The number of carboxylic acid groups (broad SMARTS) is 1. The number of ether oxygens (including phenoxy) is 3. The molecule has 0 spiro atoms. The van der Waals surface area contributed by atoms with Crippen molar-refractivity contribution in [2.75, 3.05) is 31.1 Å². The average molecular weight is 645 g/mol. The second kappa shape index (κ2) is 13.4. The van der Waals surface area contributed by atoms with Crippen LogP contribution in [0.3, 0.4) is 0 Å². The molecule has 11 nitrogen and oxygen atoms in total. The Morgan fingerprint density at radius 2 is 1.73 bits per heavy atom. The average Bonchev–Trinajstić information content (AvgIpc) is 3.31. The van der Waals surface area contributed by atoms with Crippen molar-refractivity contribution in [2.24, 2.45) is 0 Å². The minimum Gasteiger partial charge on any atom is -0.480 e. The first kappa shape index (κ1) is 33.0. The fourth-order valence-corrected chi connectivity index (χ4v) is 7.80. The number of methoxy groups -OCH3 is 1. The first-order valence-electron chi connectivity index (χ1n) is 14.0. The van der Waals surface area contributed by atoms with E-state index in [9.17, 15) is 27.9 Å². The van der Waals surface area contributed by atoms with Gasteiger partial charge < -0.3 is 24.6 Å². The summed E-state index contributed by atoms with van der Waals surface area (Å²) in [5, 5.41) is 12.5. The number of esters is 2. The van der Waals surface area contributed by atoms with Crippen molar-refractivity contribution in [3.05, 3.63) is 64.5 Å². The van der Waals surface area contributed by atoms with Crippen molar-refractivity contribution in [1.82, 2.24) is 5.32 Å². The third-order valence-corrected chi connectivity index (χ3v) is 10.1. The van der Waals surface area contributed by atoms with Crippen molar-refractivity contribution < 1.29 is 42.1 Å². The number of piperidine rings is 1. The van der Waals surface area contributed by atoms with Gasteiger partial charge in [-0.1, -0.05) is 12.1 Å². The second-order valence-electron chi connectivity index (χ2n) is 11.2. The predicted molar refractivity (Wildman–Crippen MR) is 166 cm³/mol. The molecule has 0 aliphatic carbocycles. The monoisotopic (exact) mass is 644 g/mol. The van der Waals surface area contributed by atoms with Gasteiger partial charge in [-0.25, -0.2) is 22.8 Å². The number of nitrogens with zero attached hydrogens (tertiary/aromatic N) is 1. The number of aromatic carboxylic acids is 1. The van der Waals surface area contributed by atoms with Gasteiger partial charge in [0.25, 0.3) is 10.0 Å². The lowest BCUT2D eigenvalue weighted by Gasteiger charge is -2.35. The van der Waals surface area contributed by atoms with Crippen LogP contribution in [0.15, 0.2) is 53.4 Å². The number of thiophene rings is 1. The number of hydrogen-bond acceptors (Lipinski definition) is 10. The molecule has 1 aliphatic heterocycles. The standard InChI is InChI=1S/C31H36N2O9S2/c1-19-26(41-18-25(34)42-31(2,3)4)28(30(37)40-5)43-27(19)21-7-6-8-23(17-21)33(22-13-15-32-16-14-22)44(38,39)24-11-9-20(10-12-24)29(35)36/h6-12,17,22,32H,13-16,18H2,1-5H3,(H,35,36). The number of nitrogens with one attached hydrogen (secondary N) is 1. The molecule has 0 saturated carbocycles. The van der Waals surface area contributed by atoms with Gasteiger partial charge in [0.2, 0.25) is 0 Å². The van der Waals surface area contributed by atoms with Gasteiger partial charge in [0.15, 0.2) is 11.5 Å². The molecule has 1 fully saturated rings. The van der Waals surface area contributed by atoms with Crippen molar-refractivity contribution in [1.29, 1.82) is 0 Å². The van der Waals surface area contributed by atoms with Crippen molar-refractivity contribution >= 4 is 45.0 Å². The van der Waals surface area contributed by atoms with E-state index in [0.717, 1.165) is 11.3 Å². The van der Waals surface area contributed by atoms with E-state index in [1.54, 1.807) is 52.0 Å². The number of benzene rings is 2. The van der Waals surface area contributed by atoms with Crippen LogP contribution in [0.25, 0.3) is 10.4 Å². The second-order valence-corrected chi connectivity index (χ2v) is 14.1.